The fraction of sp³-hybridized carbons (Fsp3) is 0.130. The predicted molar refractivity (Wildman–Crippen MR) is 110 cm³/mol. The van der Waals surface area contributed by atoms with E-state index in [9.17, 15) is 9.59 Å². The van der Waals surface area contributed by atoms with E-state index in [-0.39, 0.29) is 11.8 Å². The van der Waals surface area contributed by atoms with E-state index in [1.165, 1.54) is 6.92 Å². The second-order valence-electron chi connectivity index (χ2n) is 6.18. The van der Waals surface area contributed by atoms with Crippen LogP contribution < -0.4 is 15.0 Å². The smallest absolute Gasteiger partial charge is 0.251 e. The largest absolute Gasteiger partial charge is 0.455 e. The van der Waals surface area contributed by atoms with Gasteiger partial charge < -0.3 is 15.0 Å². The van der Waals surface area contributed by atoms with Gasteiger partial charge in [-0.25, -0.2) is 0 Å². The van der Waals surface area contributed by atoms with Crippen molar-refractivity contribution in [1.82, 2.24) is 5.32 Å². The summed E-state index contributed by atoms with van der Waals surface area (Å²) in [6, 6.07) is 25.8. The van der Waals surface area contributed by atoms with Crippen LogP contribution in [0.5, 0.6) is 11.5 Å². The van der Waals surface area contributed by atoms with Crippen LogP contribution in [0.15, 0.2) is 84.9 Å². The highest BCUT2D eigenvalue weighted by Crippen LogP contribution is 2.32. The number of nitrogens with zero attached hydrogens (tertiary/aromatic N) is 1. The summed E-state index contributed by atoms with van der Waals surface area (Å²) < 4.78 is 5.96. The maximum Gasteiger partial charge on any atom is 0.251 e. The Bertz CT molecular complexity index is 927. The van der Waals surface area contributed by atoms with E-state index in [2.05, 4.69) is 5.32 Å². The van der Waals surface area contributed by atoms with Gasteiger partial charge in [0.1, 0.15) is 5.75 Å². The van der Waals surface area contributed by atoms with Crippen LogP contribution in [-0.2, 0) is 4.79 Å². The van der Waals surface area contributed by atoms with Crippen molar-refractivity contribution in [3.63, 3.8) is 0 Å². The first kappa shape index (κ1) is 19.2. The number of hydrogen-bond donors (Lipinski definition) is 1. The first-order valence-electron chi connectivity index (χ1n) is 9.08. The molecule has 0 spiro atoms. The number of hydrogen-bond acceptors (Lipinski definition) is 3. The minimum atomic E-state index is -0.169. The third kappa shape index (κ3) is 4.98. The first-order valence-corrected chi connectivity index (χ1v) is 9.08. The van der Waals surface area contributed by atoms with Crippen molar-refractivity contribution in [2.45, 2.75) is 6.92 Å². The normalized spacial score (nSPS) is 10.2. The van der Waals surface area contributed by atoms with E-state index < -0.39 is 0 Å². The molecule has 0 unspecified atom stereocenters. The number of benzene rings is 3. The van der Waals surface area contributed by atoms with Crippen LogP contribution in [0.3, 0.4) is 0 Å². The Balaban J connectivity index is 1.70. The third-order valence-electron chi connectivity index (χ3n) is 4.16. The summed E-state index contributed by atoms with van der Waals surface area (Å²) in [5, 5.41) is 2.85. The monoisotopic (exact) mass is 374 g/mol. The molecule has 28 heavy (non-hydrogen) atoms. The Kier molecular flexibility index (Phi) is 6.41. The quantitative estimate of drug-likeness (QED) is 0.672. The molecule has 142 valence electrons. The molecule has 5 nitrogen and oxygen atoms in total. The van der Waals surface area contributed by atoms with Gasteiger partial charge in [0.15, 0.2) is 5.75 Å². The average Bonchev–Trinajstić information content (AvgIpc) is 2.73. The van der Waals surface area contributed by atoms with E-state index in [1.54, 1.807) is 17.0 Å². The number of carbonyl (C=O) groups excluding carboxylic acids is 2. The van der Waals surface area contributed by atoms with Crippen molar-refractivity contribution in [3.8, 4) is 11.5 Å². The van der Waals surface area contributed by atoms with Gasteiger partial charge >= 0.3 is 0 Å². The maximum absolute atomic E-state index is 12.3. The van der Waals surface area contributed by atoms with Crippen molar-refractivity contribution >= 4 is 17.5 Å². The Morgan fingerprint density at radius 2 is 1.46 bits per heavy atom. The molecular weight excluding hydrogens is 352 g/mol. The molecule has 5 heteroatoms. The standard InChI is InChI=1S/C23H22N2O3/c1-18(26)25(17-16-24-23(27)19-10-4-2-5-11-19)21-14-8-9-15-22(21)28-20-12-6-3-7-13-20/h2-15H,16-17H2,1H3,(H,24,27). The van der Waals surface area contributed by atoms with Crippen LogP contribution in [0.1, 0.15) is 17.3 Å². The minimum absolute atomic E-state index is 0.127. The fourth-order valence-electron chi connectivity index (χ4n) is 2.80. The number of anilines is 1. The first-order chi connectivity index (χ1) is 13.6. The Labute approximate surface area is 164 Å². The van der Waals surface area contributed by atoms with Crippen molar-refractivity contribution in [1.29, 1.82) is 0 Å². The molecule has 0 fully saturated rings. The molecule has 0 aliphatic rings. The molecule has 0 saturated carbocycles. The zero-order valence-electron chi connectivity index (χ0n) is 15.7. The van der Waals surface area contributed by atoms with Crippen LogP contribution in [0.25, 0.3) is 0 Å². The molecule has 0 atom stereocenters. The number of para-hydroxylation sites is 3. The van der Waals surface area contributed by atoms with Gasteiger partial charge in [-0.3, -0.25) is 9.59 Å². The number of amides is 2. The molecule has 3 aromatic carbocycles. The Morgan fingerprint density at radius 1 is 0.857 bits per heavy atom. The highest BCUT2D eigenvalue weighted by molar-refractivity contribution is 5.95. The fourth-order valence-corrected chi connectivity index (χ4v) is 2.80. The molecule has 0 bridgehead atoms. The molecule has 0 aliphatic heterocycles. The highest BCUT2D eigenvalue weighted by atomic mass is 16.5. The number of ether oxygens (including phenoxy) is 1. The van der Waals surface area contributed by atoms with Gasteiger partial charge in [0.2, 0.25) is 5.91 Å². The minimum Gasteiger partial charge on any atom is -0.455 e. The van der Waals surface area contributed by atoms with Crippen LogP contribution in [0, 0.1) is 0 Å². The van der Waals surface area contributed by atoms with Gasteiger partial charge in [0.05, 0.1) is 5.69 Å². The molecule has 0 aromatic heterocycles. The number of carbonyl (C=O) groups is 2. The Hall–Kier alpha value is -3.60. The third-order valence-corrected chi connectivity index (χ3v) is 4.16. The lowest BCUT2D eigenvalue weighted by molar-refractivity contribution is -0.116. The van der Waals surface area contributed by atoms with Gasteiger partial charge in [-0.15, -0.1) is 0 Å². The number of rotatable bonds is 7. The van der Waals surface area contributed by atoms with Crippen LogP contribution in [0.4, 0.5) is 5.69 Å². The number of nitrogens with one attached hydrogen (secondary N) is 1. The van der Waals surface area contributed by atoms with E-state index >= 15 is 0 Å². The lowest BCUT2D eigenvalue weighted by Gasteiger charge is -2.24. The summed E-state index contributed by atoms with van der Waals surface area (Å²) in [6.07, 6.45) is 0. The van der Waals surface area contributed by atoms with Gasteiger partial charge in [0, 0.05) is 25.6 Å². The second-order valence-corrected chi connectivity index (χ2v) is 6.18. The summed E-state index contributed by atoms with van der Waals surface area (Å²) in [5.74, 6) is 0.977. The van der Waals surface area contributed by atoms with Crippen LogP contribution in [0.2, 0.25) is 0 Å². The topological polar surface area (TPSA) is 58.6 Å². The maximum atomic E-state index is 12.3. The van der Waals surface area contributed by atoms with Gasteiger partial charge in [-0.05, 0) is 36.4 Å². The van der Waals surface area contributed by atoms with Crippen molar-refractivity contribution in [2.75, 3.05) is 18.0 Å². The Morgan fingerprint density at radius 3 is 2.14 bits per heavy atom. The van der Waals surface area contributed by atoms with Crippen molar-refractivity contribution in [2.24, 2.45) is 0 Å². The summed E-state index contributed by atoms with van der Waals surface area (Å²) >= 11 is 0. The van der Waals surface area contributed by atoms with Crippen molar-refractivity contribution in [3.05, 3.63) is 90.5 Å². The molecular formula is C23H22N2O3. The predicted octanol–water partition coefficient (Wildman–Crippen LogP) is 4.26. The van der Waals surface area contributed by atoms with E-state index in [1.807, 2.05) is 72.8 Å². The highest BCUT2D eigenvalue weighted by Gasteiger charge is 2.17. The van der Waals surface area contributed by atoms with Gasteiger partial charge in [0.25, 0.3) is 5.91 Å². The van der Waals surface area contributed by atoms with E-state index in [4.69, 9.17) is 4.74 Å². The summed E-state index contributed by atoms with van der Waals surface area (Å²) in [6.45, 7) is 2.16. The molecule has 1 N–H and O–H groups in total. The zero-order chi connectivity index (χ0) is 19.8. The van der Waals surface area contributed by atoms with Gasteiger partial charge in [-0.1, -0.05) is 48.5 Å². The van der Waals surface area contributed by atoms with Gasteiger partial charge in [-0.2, -0.15) is 0 Å². The van der Waals surface area contributed by atoms with Crippen LogP contribution in [-0.4, -0.2) is 24.9 Å². The molecule has 3 aromatic rings. The molecule has 0 aliphatic carbocycles. The SMILES string of the molecule is CC(=O)N(CCNC(=O)c1ccccc1)c1ccccc1Oc1ccccc1. The zero-order valence-corrected chi connectivity index (χ0v) is 15.7. The molecule has 3 rings (SSSR count). The summed E-state index contributed by atoms with van der Waals surface area (Å²) in [7, 11) is 0. The summed E-state index contributed by atoms with van der Waals surface area (Å²) in [5.41, 5.74) is 1.25. The van der Waals surface area contributed by atoms with Crippen LogP contribution >= 0.6 is 0 Å². The molecule has 2 amide bonds. The van der Waals surface area contributed by atoms with E-state index in [0.29, 0.717) is 35.8 Å². The van der Waals surface area contributed by atoms with Crippen molar-refractivity contribution < 1.29 is 14.3 Å². The van der Waals surface area contributed by atoms with E-state index in [0.717, 1.165) is 0 Å². The second kappa shape index (κ2) is 9.37. The molecule has 0 heterocycles. The summed E-state index contributed by atoms with van der Waals surface area (Å²) in [4.78, 5) is 26.1. The molecule has 0 radical (unpaired) electrons. The average molecular weight is 374 g/mol. The lowest BCUT2D eigenvalue weighted by atomic mass is 10.2. The lowest BCUT2D eigenvalue weighted by Crippen LogP contribution is -2.37. The molecule has 0 saturated heterocycles.